The minimum absolute atomic E-state index is 0.0568. The van der Waals surface area contributed by atoms with Gasteiger partial charge in [-0.2, -0.15) is 0 Å². The summed E-state index contributed by atoms with van der Waals surface area (Å²) in [5.41, 5.74) is 1.44. The number of benzene rings is 2. The maximum Gasteiger partial charge on any atom is 0.266 e. The summed E-state index contributed by atoms with van der Waals surface area (Å²) >= 11 is 7.75. The molecule has 7 nitrogen and oxygen atoms in total. The SMILES string of the molecule is COCCN1C(=O)C(=Cc2cc(Cl)c(OC(C)C)c(OC)c2)SC1=Nc1ccc(OC)cc1. The second-order valence-electron chi connectivity index (χ2n) is 7.35. The molecule has 2 aromatic rings. The number of aliphatic imine (C=N–C) groups is 1. The van der Waals surface area contributed by atoms with Crippen LogP contribution in [0.2, 0.25) is 5.02 Å². The molecule has 0 saturated carbocycles. The highest BCUT2D eigenvalue weighted by atomic mass is 35.5. The van der Waals surface area contributed by atoms with E-state index in [1.807, 2.05) is 38.1 Å². The summed E-state index contributed by atoms with van der Waals surface area (Å²) < 4.78 is 21.6. The highest BCUT2D eigenvalue weighted by Gasteiger charge is 2.33. The Bertz CT molecular complexity index is 1050. The maximum absolute atomic E-state index is 13.2. The number of rotatable bonds is 9. The summed E-state index contributed by atoms with van der Waals surface area (Å²) in [7, 11) is 4.76. The van der Waals surface area contributed by atoms with Crippen molar-refractivity contribution < 1.29 is 23.7 Å². The second kappa shape index (κ2) is 11.4. The Morgan fingerprint density at radius 3 is 2.45 bits per heavy atom. The van der Waals surface area contributed by atoms with E-state index in [1.54, 1.807) is 44.4 Å². The standard InChI is InChI=1S/C24H27ClN2O5S/c1-15(2)32-22-19(25)12-16(13-20(22)31-5)14-21-23(28)27(10-11-29-3)24(33-21)26-17-6-8-18(30-4)9-7-17/h6-9,12-15H,10-11H2,1-5H3. The number of ether oxygens (including phenoxy) is 4. The number of hydrogen-bond donors (Lipinski definition) is 0. The molecule has 0 spiro atoms. The van der Waals surface area contributed by atoms with Gasteiger partial charge in [-0.3, -0.25) is 9.69 Å². The first-order valence-corrected chi connectivity index (χ1v) is 11.5. The average Bonchev–Trinajstić information content (AvgIpc) is 3.08. The van der Waals surface area contributed by atoms with E-state index in [0.717, 1.165) is 17.0 Å². The first kappa shape index (κ1) is 25.0. The normalized spacial score (nSPS) is 16.2. The molecule has 1 saturated heterocycles. The van der Waals surface area contributed by atoms with Gasteiger partial charge in [0.1, 0.15) is 5.75 Å². The lowest BCUT2D eigenvalue weighted by atomic mass is 10.1. The molecule has 0 N–H and O–H groups in total. The third-order valence-corrected chi connectivity index (χ3v) is 5.89. The maximum atomic E-state index is 13.2. The fourth-order valence-electron chi connectivity index (χ4n) is 3.06. The molecule has 1 amide bonds. The van der Waals surface area contributed by atoms with E-state index in [2.05, 4.69) is 4.99 Å². The van der Waals surface area contributed by atoms with Crippen LogP contribution in [0.3, 0.4) is 0 Å². The summed E-state index contributed by atoms with van der Waals surface area (Å²) in [6.07, 6.45) is 1.72. The van der Waals surface area contributed by atoms with Crippen molar-refractivity contribution in [3.8, 4) is 17.2 Å². The minimum Gasteiger partial charge on any atom is -0.497 e. The van der Waals surface area contributed by atoms with Crippen LogP contribution in [0, 0.1) is 0 Å². The molecule has 0 aliphatic carbocycles. The molecule has 1 fully saturated rings. The first-order valence-electron chi connectivity index (χ1n) is 10.3. The fourth-order valence-corrected chi connectivity index (χ4v) is 4.35. The van der Waals surface area contributed by atoms with Crippen molar-refractivity contribution in [1.82, 2.24) is 4.90 Å². The summed E-state index contributed by atoms with van der Waals surface area (Å²) in [5, 5.41) is 0.986. The number of amidine groups is 1. The number of thioether (sulfide) groups is 1. The molecule has 0 atom stereocenters. The highest BCUT2D eigenvalue weighted by Crippen LogP contribution is 2.40. The van der Waals surface area contributed by atoms with E-state index in [4.69, 9.17) is 30.5 Å². The first-order chi connectivity index (χ1) is 15.9. The highest BCUT2D eigenvalue weighted by molar-refractivity contribution is 8.18. The quantitative estimate of drug-likeness (QED) is 0.439. The van der Waals surface area contributed by atoms with Crippen LogP contribution in [0.25, 0.3) is 6.08 Å². The number of amides is 1. The van der Waals surface area contributed by atoms with E-state index < -0.39 is 0 Å². The van der Waals surface area contributed by atoms with Gasteiger partial charge in [0, 0.05) is 7.11 Å². The van der Waals surface area contributed by atoms with Crippen LogP contribution in [0.4, 0.5) is 5.69 Å². The van der Waals surface area contributed by atoms with Crippen molar-refractivity contribution in [2.45, 2.75) is 20.0 Å². The van der Waals surface area contributed by atoms with Gasteiger partial charge in [0.15, 0.2) is 16.7 Å². The third kappa shape index (κ3) is 6.22. The molecule has 0 aromatic heterocycles. The van der Waals surface area contributed by atoms with Crippen molar-refractivity contribution in [2.75, 3.05) is 34.5 Å². The Morgan fingerprint density at radius 1 is 1.12 bits per heavy atom. The van der Waals surface area contributed by atoms with E-state index in [0.29, 0.717) is 39.7 Å². The predicted octanol–water partition coefficient (Wildman–Crippen LogP) is 5.39. The van der Waals surface area contributed by atoms with Crippen molar-refractivity contribution >= 4 is 46.2 Å². The lowest BCUT2D eigenvalue weighted by Crippen LogP contribution is -2.32. The van der Waals surface area contributed by atoms with Gasteiger partial charge in [0.05, 0.1) is 49.1 Å². The van der Waals surface area contributed by atoms with Crippen molar-refractivity contribution in [3.63, 3.8) is 0 Å². The van der Waals surface area contributed by atoms with Crippen LogP contribution >= 0.6 is 23.4 Å². The van der Waals surface area contributed by atoms with Crippen molar-refractivity contribution in [1.29, 1.82) is 0 Å². The second-order valence-corrected chi connectivity index (χ2v) is 8.77. The molecule has 176 valence electrons. The van der Waals surface area contributed by atoms with Gasteiger partial charge in [-0.25, -0.2) is 4.99 Å². The molecular weight excluding hydrogens is 464 g/mol. The van der Waals surface area contributed by atoms with Gasteiger partial charge < -0.3 is 18.9 Å². The summed E-state index contributed by atoms with van der Waals surface area (Å²) in [6.45, 7) is 4.61. The zero-order valence-corrected chi connectivity index (χ0v) is 20.8. The number of methoxy groups -OCH3 is 3. The van der Waals surface area contributed by atoms with Crippen LogP contribution in [0.1, 0.15) is 19.4 Å². The fraction of sp³-hybridized carbons (Fsp3) is 0.333. The summed E-state index contributed by atoms with van der Waals surface area (Å²) in [6, 6.07) is 10.9. The smallest absolute Gasteiger partial charge is 0.266 e. The van der Waals surface area contributed by atoms with Gasteiger partial charge in [0.25, 0.3) is 5.91 Å². The summed E-state index contributed by atoms with van der Waals surface area (Å²) in [4.78, 5) is 20.0. The number of halogens is 1. The van der Waals surface area contributed by atoms with Gasteiger partial charge >= 0.3 is 0 Å². The van der Waals surface area contributed by atoms with Crippen molar-refractivity contribution in [3.05, 3.63) is 51.9 Å². The molecule has 9 heteroatoms. The van der Waals surface area contributed by atoms with Gasteiger partial charge in [-0.1, -0.05) is 11.6 Å². The van der Waals surface area contributed by atoms with Crippen LogP contribution < -0.4 is 14.2 Å². The molecule has 0 bridgehead atoms. The Hall–Kier alpha value is -2.68. The third-order valence-electron chi connectivity index (χ3n) is 4.61. The molecule has 33 heavy (non-hydrogen) atoms. The molecule has 1 aliphatic rings. The molecule has 0 radical (unpaired) electrons. The number of carbonyl (C=O) groups excluding carboxylic acids is 1. The lowest BCUT2D eigenvalue weighted by molar-refractivity contribution is -0.122. The topological polar surface area (TPSA) is 69.6 Å². The zero-order valence-electron chi connectivity index (χ0n) is 19.3. The Morgan fingerprint density at radius 2 is 1.85 bits per heavy atom. The van der Waals surface area contributed by atoms with E-state index in [-0.39, 0.29) is 12.0 Å². The molecule has 2 aromatic carbocycles. The average molecular weight is 491 g/mol. The molecule has 3 rings (SSSR count). The van der Waals surface area contributed by atoms with Gasteiger partial charge in [0.2, 0.25) is 0 Å². The molecule has 1 aliphatic heterocycles. The van der Waals surface area contributed by atoms with E-state index in [1.165, 1.54) is 11.8 Å². The van der Waals surface area contributed by atoms with Crippen LogP contribution in [-0.4, -0.2) is 56.6 Å². The van der Waals surface area contributed by atoms with Crippen LogP contribution in [-0.2, 0) is 9.53 Å². The number of hydrogen-bond acceptors (Lipinski definition) is 7. The van der Waals surface area contributed by atoms with Crippen LogP contribution in [0.15, 0.2) is 46.3 Å². The van der Waals surface area contributed by atoms with Gasteiger partial charge in [-0.05, 0) is 73.6 Å². The largest absolute Gasteiger partial charge is 0.497 e. The van der Waals surface area contributed by atoms with Crippen molar-refractivity contribution in [2.24, 2.45) is 4.99 Å². The van der Waals surface area contributed by atoms with Gasteiger partial charge in [-0.15, -0.1) is 0 Å². The number of carbonyl (C=O) groups is 1. The lowest BCUT2D eigenvalue weighted by Gasteiger charge is -2.16. The summed E-state index contributed by atoms with van der Waals surface area (Å²) in [5.74, 6) is 1.57. The predicted molar refractivity (Wildman–Crippen MR) is 133 cm³/mol. The molecular formula is C24H27ClN2O5S. The zero-order chi connectivity index (χ0) is 24.0. The molecule has 1 heterocycles. The molecule has 0 unspecified atom stereocenters. The monoisotopic (exact) mass is 490 g/mol. The van der Waals surface area contributed by atoms with E-state index >= 15 is 0 Å². The minimum atomic E-state index is -0.151. The Kier molecular flexibility index (Phi) is 8.66. The van der Waals surface area contributed by atoms with E-state index in [9.17, 15) is 4.79 Å². The van der Waals surface area contributed by atoms with Crippen LogP contribution in [0.5, 0.6) is 17.2 Å². The Balaban J connectivity index is 1.95. The number of nitrogens with zero attached hydrogens (tertiary/aromatic N) is 2. The Labute approximate surface area is 203 Å².